The molecule has 2 heteroatoms. The van der Waals surface area contributed by atoms with Crippen molar-refractivity contribution in [1.82, 2.24) is 4.98 Å². The summed E-state index contributed by atoms with van der Waals surface area (Å²) < 4.78 is 1.43. The van der Waals surface area contributed by atoms with Gasteiger partial charge in [0.15, 0.2) is 0 Å². The summed E-state index contributed by atoms with van der Waals surface area (Å²) in [6.07, 6.45) is 11.7. The van der Waals surface area contributed by atoms with E-state index in [-0.39, 0.29) is 0 Å². The van der Waals surface area contributed by atoms with Gasteiger partial charge in [0.25, 0.3) is 0 Å². The van der Waals surface area contributed by atoms with E-state index in [1.165, 1.54) is 41.3 Å². The SMILES string of the molecule is [Li][C]1=CCCc2c1[nH]c1c2CCC=C1. The van der Waals surface area contributed by atoms with Gasteiger partial charge in [0, 0.05) is 0 Å². The van der Waals surface area contributed by atoms with E-state index in [1.807, 2.05) is 0 Å². The van der Waals surface area contributed by atoms with E-state index in [1.54, 1.807) is 11.1 Å². The molecule has 1 aromatic heterocycles. The minimum atomic E-state index is 1.21. The summed E-state index contributed by atoms with van der Waals surface area (Å²) in [7, 11) is 0. The van der Waals surface area contributed by atoms with Gasteiger partial charge in [-0.05, 0) is 0 Å². The van der Waals surface area contributed by atoms with Crippen molar-refractivity contribution >= 4 is 28.0 Å². The molecule has 1 aromatic rings. The molecule has 0 unspecified atom stereocenters. The monoisotopic (exact) mass is 177 g/mol. The zero-order valence-corrected chi connectivity index (χ0v) is 8.56. The Balaban J connectivity index is 2.22. The zero-order chi connectivity index (χ0) is 9.54. The van der Waals surface area contributed by atoms with Crippen LogP contribution in [-0.2, 0) is 12.8 Å². The molecule has 1 nitrogen and oxygen atoms in total. The fourth-order valence-electron chi connectivity index (χ4n) is 2.60. The van der Waals surface area contributed by atoms with Crippen molar-refractivity contribution in [1.29, 1.82) is 0 Å². The summed E-state index contributed by atoms with van der Waals surface area (Å²) in [5, 5.41) is 0. The summed E-state index contributed by atoms with van der Waals surface area (Å²) in [5.41, 5.74) is 5.92. The first-order valence-electron chi connectivity index (χ1n) is 5.43. The summed E-state index contributed by atoms with van der Waals surface area (Å²) in [6.45, 7) is 0. The molecule has 66 valence electrons. The maximum atomic E-state index is 3.55. The van der Waals surface area contributed by atoms with Crippen LogP contribution in [0.1, 0.15) is 35.4 Å². The quantitative estimate of drug-likeness (QED) is 0.586. The van der Waals surface area contributed by atoms with Gasteiger partial charge < -0.3 is 0 Å². The molecule has 14 heavy (non-hydrogen) atoms. The van der Waals surface area contributed by atoms with Crippen LogP contribution < -0.4 is 0 Å². The number of rotatable bonds is 0. The van der Waals surface area contributed by atoms with Crippen LogP contribution in [0, 0.1) is 0 Å². The molecule has 1 heterocycles. The van der Waals surface area contributed by atoms with Crippen molar-refractivity contribution in [3.63, 3.8) is 0 Å². The number of allylic oxidation sites excluding steroid dienone is 2. The molecule has 0 saturated carbocycles. The second kappa shape index (κ2) is 3.19. The van der Waals surface area contributed by atoms with Crippen LogP contribution in [-0.4, -0.2) is 22.7 Å². The third-order valence-electron chi connectivity index (χ3n) is 3.34. The molecule has 0 aromatic carbocycles. The summed E-state index contributed by atoms with van der Waals surface area (Å²) in [6, 6.07) is 0. The molecule has 2 aliphatic carbocycles. The van der Waals surface area contributed by atoms with E-state index in [9.17, 15) is 0 Å². The van der Waals surface area contributed by atoms with Gasteiger partial charge >= 0.3 is 93.4 Å². The van der Waals surface area contributed by atoms with Gasteiger partial charge in [-0.15, -0.1) is 0 Å². The third-order valence-corrected chi connectivity index (χ3v) is 3.34. The van der Waals surface area contributed by atoms with Crippen LogP contribution >= 0.6 is 0 Å². The number of hydrogen-bond donors (Lipinski definition) is 1. The van der Waals surface area contributed by atoms with Gasteiger partial charge in [0.2, 0.25) is 0 Å². The van der Waals surface area contributed by atoms with Crippen molar-refractivity contribution in [2.75, 3.05) is 0 Å². The molecule has 0 saturated heterocycles. The van der Waals surface area contributed by atoms with E-state index < -0.39 is 0 Å². The summed E-state index contributed by atoms with van der Waals surface area (Å²) in [5.74, 6) is 0. The Hall–Kier alpha value is -0.643. The fraction of sp³-hybridized carbons (Fsp3) is 0.333. The molecule has 0 spiro atoms. The number of aromatic nitrogens is 1. The number of H-pyrrole nitrogens is 1. The van der Waals surface area contributed by atoms with Crippen LogP contribution in [0.4, 0.5) is 0 Å². The number of aromatic amines is 1. The molecule has 0 bridgehead atoms. The molecule has 2 aliphatic rings. The molecule has 0 amide bonds. The van der Waals surface area contributed by atoms with E-state index in [0.717, 1.165) is 0 Å². The van der Waals surface area contributed by atoms with Gasteiger partial charge in [0.1, 0.15) is 0 Å². The van der Waals surface area contributed by atoms with E-state index in [4.69, 9.17) is 0 Å². The van der Waals surface area contributed by atoms with Crippen LogP contribution in [0.3, 0.4) is 0 Å². The van der Waals surface area contributed by atoms with Gasteiger partial charge in [0.05, 0.1) is 0 Å². The topological polar surface area (TPSA) is 15.8 Å². The molecular weight excluding hydrogens is 165 g/mol. The fourth-order valence-corrected chi connectivity index (χ4v) is 2.60. The molecule has 0 aliphatic heterocycles. The predicted octanol–water partition coefficient (Wildman–Crippen LogP) is 2.43. The van der Waals surface area contributed by atoms with Crippen molar-refractivity contribution in [3.05, 3.63) is 34.7 Å². The van der Waals surface area contributed by atoms with E-state index in [2.05, 4.69) is 40.9 Å². The van der Waals surface area contributed by atoms with Crippen LogP contribution in [0.2, 0.25) is 0 Å². The first-order valence-corrected chi connectivity index (χ1v) is 5.43. The Morgan fingerprint density at radius 3 is 2.93 bits per heavy atom. The van der Waals surface area contributed by atoms with Crippen LogP contribution in [0.5, 0.6) is 0 Å². The van der Waals surface area contributed by atoms with Crippen molar-refractivity contribution in [2.24, 2.45) is 0 Å². The molecule has 0 atom stereocenters. The van der Waals surface area contributed by atoms with Gasteiger partial charge in [-0.25, -0.2) is 0 Å². The number of fused-ring (bicyclic) bond motifs is 3. The molecule has 0 fully saturated rings. The van der Waals surface area contributed by atoms with Gasteiger partial charge in [-0.1, -0.05) is 0 Å². The van der Waals surface area contributed by atoms with Crippen LogP contribution in [0.15, 0.2) is 12.2 Å². The van der Waals surface area contributed by atoms with Crippen molar-refractivity contribution < 1.29 is 0 Å². The standard InChI is InChI=1S/C12H12N.Li/c1-3-7-11-9(5-1)10-6-2-4-8-12(10)13-11;/h3-4,7,13H,1-2,5-6H2;. The Morgan fingerprint density at radius 1 is 1.14 bits per heavy atom. The normalized spacial score (nSPS) is 18.9. The number of nitrogens with one attached hydrogen (secondary N) is 1. The molecule has 1 N–H and O–H groups in total. The Morgan fingerprint density at radius 2 is 2.00 bits per heavy atom. The first kappa shape index (κ1) is 8.65. The third kappa shape index (κ3) is 1.16. The number of hydrogen-bond acceptors (Lipinski definition) is 0. The Bertz CT molecular complexity index is 437. The predicted molar refractivity (Wildman–Crippen MR) is 60.2 cm³/mol. The summed E-state index contributed by atoms with van der Waals surface area (Å²) >= 11 is 2.21. The van der Waals surface area contributed by atoms with E-state index in [0.29, 0.717) is 0 Å². The molecular formula is C12H12LiN. The average molecular weight is 177 g/mol. The van der Waals surface area contributed by atoms with Crippen molar-refractivity contribution in [3.8, 4) is 0 Å². The second-order valence-corrected chi connectivity index (χ2v) is 4.24. The Kier molecular flexibility index (Phi) is 1.97. The molecule has 0 radical (unpaired) electrons. The Labute approximate surface area is 93.5 Å². The van der Waals surface area contributed by atoms with Crippen LogP contribution in [0.25, 0.3) is 10.3 Å². The first-order chi connectivity index (χ1) is 6.86. The van der Waals surface area contributed by atoms with Gasteiger partial charge in [-0.3, -0.25) is 0 Å². The second-order valence-electron chi connectivity index (χ2n) is 4.24. The van der Waals surface area contributed by atoms with Crippen molar-refractivity contribution in [2.45, 2.75) is 25.7 Å². The maximum absolute atomic E-state index is 3.55. The average Bonchev–Trinajstić information content (AvgIpc) is 2.59. The zero-order valence-electron chi connectivity index (χ0n) is 8.56. The molecule has 3 rings (SSSR count). The summed E-state index contributed by atoms with van der Waals surface area (Å²) in [4.78, 5) is 3.55. The van der Waals surface area contributed by atoms with E-state index >= 15 is 0 Å². The minimum absolute atomic E-state index is 1.21. The van der Waals surface area contributed by atoms with Gasteiger partial charge in [-0.2, -0.15) is 0 Å².